The smallest absolute Gasteiger partial charge is 0.231 e. The molecule has 0 aromatic heterocycles. The van der Waals surface area contributed by atoms with Crippen molar-refractivity contribution in [1.29, 1.82) is 0 Å². The molecular formula is C10H10N2O6. The van der Waals surface area contributed by atoms with Gasteiger partial charge in [-0.3, -0.25) is 20.2 Å². The summed E-state index contributed by atoms with van der Waals surface area (Å²) in [6.45, 7) is -0.880. The largest absolute Gasteiger partial charge is 0.454 e. The first-order chi connectivity index (χ1) is 8.56. The van der Waals surface area contributed by atoms with Crippen LogP contribution in [0, 0.1) is 20.2 Å². The molecule has 0 amide bonds. The second-order valence-corrected chi connectivity index (χ2v) is 3.84. The molecule has 18 heavy (non-hydrogen) atoms. The zero-order valence-corrected chi connectivity index (χ0v) is 9.27. The van der Waals surface area contributed by atoms with Crippen molar-refractivity contribution in [2.24, 2.45) is 0 Å². The fraction of sp³-hybridized carbons (Fsp3) is 0.400. The highest BCUT2D eigenvalue weighted by Gasteiger charge is 2.25. The molecule has 0 spiro atoms. The van der Waals surface area contributed by atoms with E-state index in [9.17, 15) is 20.2 Å². The molecular weight excluding hydrogens is 244 g/mol. The van der Waals surface area contributed by atoms with Gasteiger partial charge in [0.25, 0.3) is 0 Å². The number of nitro groups is 2. The first-order valence-electron chi connectivity index (χ1n) is 5.19. The fourth-order valence-electron chi connectivity index (χ4n) is 1.80. The molecule has 0 radical (unpaired) electrons. The second kappa shape index (κ2) is 4.86. The lowest BCUT2D eigenvalue weighted by molar-refractivity contribution is -0.516. The second-order valence-electron chi connectivity index (χ2n) is 3.84. The lowest BCUT2D eigenvalue weighted by atomic mass is 9.99. The third-order valence-corrected chi connectivity index (χ3v) is 2.61. The summed E-state index contributed by atoms with van der Waals surface area (Å²) in [5.41, 5.74) is 0.507. The molecule has 2 rings (SSSR count). The van der Waals surface area contributed by atoms with Gasteiger partial charge in [-0.15, -0.1) is 0 Å². The Morgan fingerprint density at radius 1 is 1.11 bits per heavy atom. The molecule has 1 aliphatic rings. The molecule has 1 aromatic carbocycles. The number of ether oxygens (including phenoxy) is 2. The van der Waals surface area contributed by atoms with E-state index in [0.29, 0.717) is 17.1 Å². The van der Waals surface area contributed by atoms with Gasteiger partial charge in [-0.25, -0.2) is 0 Å². The molecule has 8 nitrogen and oxygen atoms in total. The quantitative estimate of drug-likeness (QED) is 0.574. The molecule has 0 aliphatic carbocycles. The van der Waals surface area contributed by atoms with E-state index in [2.05, 4.69) is 0 Å². The summed E-state index contributed by atoms with van der Waals surface area (Å²) < 4.78 is 10.2. The zero-order chi connectivity index (χ0) is 13.1. The van der Waals surface area contributed by atoms with Gasteiger partial charge in [0.15, 0.2) is 11.5 Å². The molecule has 1 heterocycles. The third kappa shape index (κ3) is 2.65. The number of fused-ring (bicyclic) bond motifs is 1. The van der Waals surface area contributed by atoms with Crippen LogP contribution in [0.2, 0.25) is 0 Å². The van der Waals surface area contributed by atoms with Crippen molar-refractivity contribution in [3.63, 3.8) is 0 Å². The van der Waals surface area contributed by atoms with E-state index in [0.717, 1.165) is 0 Å². The van der Waals surface area contributed by atoms with E-state index in [-0.39, 0.29) is 6.79 Å². The molecule has 1 aromatic rings. The van der Waals surface area contributed by atoms with Crippen molar-refractivity contribution in [3.05, 3.63) is 44.0 Å². The topological polar surface area (TPSA) is 105 Å². The highest BCUT2D eigenvalue weighted by Crippen LogP contribution is 2.34. The monoisotopic (exact) mass is 254 g/mol. The first kappa shape index (κ1) is 12.1. The van der Waals surface area contributed by atoms with Gasteiger partial charge >= 0.3 is 0 Å². The molecule has 8 heteroatoms. The van der Waals surface area contributed by atoms with Gasteiger partial charge in [-0.1, -0.05) is 6.07 Å². The molecule has 0 fully saturated rings. The van der Waals surface area contributed by atoms with E-state index in [1.54, 1.807) is 18.2 Å². The summed E-state index contributed by atoms with van der Waals surface area (Å²) in [6, 6.07) is 4.75. The molecule has 0 atom stereocenters. The number of rotatable bonds is 5. The molecule has 96 valence electrons. The molecule has 1 aliphatic heterocycles. The molecule has 0 saturated carbocycles. The molecule has 0 bridgehead atoms. The molecule has 0 N–H and O–H groups in total. The Bertz CT molecular complexity index is 473. The Kier molecular flexibility index (Phi) is 3.26. The van der Waals surface area contributed by atoms with Crippen LogP contribution in [0.1, 0.15) is 11.5 Å². The predicted octanol–water partition coefficient (Wildman–Crippen LogP) is 1.05. The molecule has 0 unspecified atom stereocenters. The van der Waals surface area contributed by atoms with Crippen LogP contribution >= 0.6 is 0 Å². The molecule has 0 saturated heterocycles. The van der Waals surface area contributed by atoms with Gasteiger partial charge in [-0.2, -0.15) is 0 Å². The lowest BCUT2D eigenvalue weighted by Gasteiger charge is -2.09. The maximum absolute atomic E-state index is 10.5. The first-order valence-corrected chi connectivity index (χ1v) is 5.19. The fourth-order valence-corrected chi connectivity index (χ4v) is 1.80. The Balaban J connectivity index is 2.24. The van der Waals surface area contributed by atoms with Gasteiger partial charge in [0.2, 0.25) is 19.9 Å². The maximum Gasteiger partial charge on any atom is 0.231 e. The Hall–Kier alpha value is -2.38. The Morgan fingerprint density at radius 2 is 1.72 bits per heavy atom. The van der Waals surface area contributed by atoms with Crippen molar-refractivity contribution in [2.45, 2.75) is 5.92 Å². The highest BCUT2D eigenvalue weighted by molar-refractivity contribution is 5.45. The average molecular weight is 254 g/mol. The maximum atomic E-state index is 10.5. The zero-order valence-electron chi connectivity index (χ0n) is 9.27. The van der Waals surface area contributed by atoms with Crippen LogP contribution in [0.15, 0.2) is 18.2 Å². The van der Waals surface area contributed by atoms with E-state index in [1.165, 1.54) is 0 Å². The van der Waals surface area contributed by atoms with Gasteiger partial charge in [-0.05, 0) is 17.7 Å². The predicted molar refractivity (Wildman–Crippen MR) is 59.0 cm³/mol. The number of nitrogens with zero attached hydrogens (tertiary/aromatic N) is 2. The van der Waals surface area contributed by atoms with Gasteiger partial charge in [0, 0.05) is 9.85 Å². The van der Waals surface area contributed by atoms with Crippen LogP contribution in [0.5, 0.6) is 11.5 Å². The standard InChI is InChI=1S/C10H10N2O6/c13-11(14)4-8(5-12(15)16)7-1-2-9-10(3-7)18-6-17-9/h1-3,8H,4-6H2. The van der Waals surface area contributed by atoms with E-state index in [4.69, 9.17) is 9.47 Å². The van der Waals surface area contributed by atoms with Crippen LogP contribution < -0.4 is 9.47 Å². The normalized spacial score (nSPS) is 12.7. The average Bonchev–Trinajstić information content (AvgIpc) is 2.73. The van der Waals surface area contributed by atoms with Crippen LogP contribution in [-0.2, 0) is 0 Å². The van der Waals surface area contributed by atoms with Crippen LogP contribution in [0.4, 0.5) is 0 Å². The van der Waals surface area contributed by atoms with Crippen LogP contribution in [0.25, 0.3) is 0 Å². The summed E-state index contributed by atoms with van der Waals surface area (Å²) in [5.74, 6) is 0.230. The van der Waals surface area contributed by atoms with E-state index >= 15 is 0 Å². The lowest BCUT2D eigenvalue weighted by Crippen LogP contribution is -2.20. The van der Waals surface area contributed by atoms with Crippen molar-refractivity contribution in [3.8, 4) is 11.5 Å². The number of benzene rings is 1. The Labute approximate surface area is 101 Å². The minimum atomic E-state index is -0.774. The highest BCUT2D eigenvalue weighted by atomic mass is 16.7. The van der Waals surface area contributed by atoms with E-state index in [1.807, 2.05) is 0 Å². The minimum absolute atomic E-state index is 0.0912. The van der Waals surface area contributed by atoms with Crippen LogP contribution in [0.3, 0.4) is 0 Å². The van der Waals surface area contributed by atoms with E-state index < -0.39 is 28.9 Å². The third-order valence-electron chi connectivity index (χ3n) is 2.61. The SMILES string of the molecule is O=[N+]([O-])CC(C[N+](=O)[O-])c1ccc2c(c1)OCO2. The summed E-state index contributed by atoms with van der Waals surface area (Å²) in [6.07, 6.45) is 0. The summed E-state index contributed by atoms with van der Waals surface area (Å²) in [5, 5.41) is 21.1. The Morgan fingerprint density at radius 3 is 2.33 bits per heavy atom. The summed E-state index contributed by atoms with van der Waals surface area (Å²) in [4.78, 5) is 19.9. The van der Waals surface area contributed by atoms with Crippen molar-refractivity contribution >= 4 is 0 Å². The number of hydrogen-bond donors (Lipinski definition) is 0. The van der Waals surface area contributed by atoms with Gasteiger partial charge in [0.1, 0.15) is 5.92 Å². The summed E-state index contributed by atoms with van der Waals surface area (Å²) >= 11 is 0. The van der Waals surface area contributed by atoms with Gasteiger partial charge in [0.05, 0.1) is 0 Å². The van der Waals surface area contributed by atoms with Gasteiger partial charge < -0.3 is 9.47 Å². The summed E-state index contributed by atoms with van der Waals surface area (Å²) in [7, 11) is 0. The van der Waals surface area contributed by atoms with Crippen molar-refractivity contribution in [2.75, 3.05) is 19.9 Å². The number of hydrogen-bond acceptors (Lipinski definition) is 6. The minimum Gasteiger partial charge on any atom is -0.454 e. The van der Waals surface area contributed by atoms with Crippen LogP contribution in [-0.4, -0.2) is 29.7 Å². The van der Waals surface area contributed by atoms with Crippen molar-refractivity contribution < 1.29 is 19.3 Å². The van der Waals surface area contributed by atoms with Crippen molar-refractivity contribution in [1.82, 2.24) is 0 Å².